The number of nitrogens with zero attached hydrogens (tertiary/aromatic N) is 1. The summed E-state index contributed by atoms with van der Waals surface area (Å²) in [6, 6.07) is 9.31. The molecule has 0 amide bonds. The minimum atomic E-state index is -0.144. The van der Waals surface area contributed by atoms with E-state index in [2.05, 4.69) is 9.97 Å². The number of aryl methyl sites for hydroxylation is 1. The highest BCUT2D eigenvalue weighted by atomic mass is 16.5. The Balaban J connectivity index is 1.97. The molecule has 3 N–H and O–H groups in total. The molecule has 106 valence electrons. The number of benzene rings is 1. The van der Waals surface area contributed by atoms with Crippen molar-refractivity contribution < 1.29 is 4.74 Å². The van der Waals surface area contributed by atoms with Gasteiger partial charge in [0.1, 0.15) is 11.6 Å². The number of hydrogen-bond acceptors (Lipinski definition) is 4. The highest BCUT2D eigenvalue weighted by Gasteiger charge is 2.03. The first kappa shape index (κ1) is 14.3. The monoisotopic (exact) mass is 273 g/mol. The number of rotatable bonds is 6. The van der Waals surface area contributed by atoms with Gasteiger partial charge in [-0.25, -0.2) is 4.98 Å². The lowest BCUT2D eigenvalue weighted by Gasteiger charge is -2.08. The topological polar surface area (TPSA) is 81.0 Å². The van der Waals surface area contributed by atoms with E-state index in [4.69, 9.17) is 10.5 Å². The van der Waals surface area contributed by atoms with E-state index in [1.807, 2.05) is 31.2 Å². The standard InChI is InChI=1S/C15H19N3O2/c1-11-4-2-3-5-13(11)20-9-7-14-17-12(6-8-16)10-15(19)18-14/h2-5,10H,6-9,16H2,1H3,(H,17,18,19). The predicted molar refractivity (Wildman–Crippen MR) is 78.0 cm³/mol. The van der Waals surface area contributed by atoms with Gasteiger partial charge in [0.15, 0.2) is 0 Å². The van der Waals surface area contributed by atoms with Crippen molar-refractivity contribution in [1.82, 2.24) is 9.97 Å². The molecule has 0 fully saturated rings. The van der Waals surface area contributed by atoms with Crippen molar-refractivity contribution in [3.63, 3.8) is 0 Å². The fourth-order valence-corrected chi connectivity index (χ4v) is 1.93. The van der Waals surface area contributed by atoms with E-state index in [0.29, 0.717) is 31.8 Å². The normalized spacial score (nSPS) is 10.5. The smallest absolute Gasteiger partial charge is 0.251 e. The van der Waals surface area contributed by atoms with Crippen LogP contribution in [0.25, 0.3) is 0 Å². The molecule has 1 heterocycles. The molecule has 0 atom stereocenters. The zero-order valence-electron chi connectivity index (χ0n) is 11.6. The van der Waals surface area contributed by atoms with Crippen LogP contribution in [-0.4, -0.2) is 23.1 Å². The van der Waals surface area contributed by atoms with Gasteiger partial charge in [0.2, 0.25) is 0 Å². The van der Waals surface area contributed by atoms with E-state index >= 15 is 0 Å². The number of hydrogen-bond donors (Lipinski definition) is 2. The maximum atomic E-state index is 11.5. The lowest BCUT2D eigenvalue weighted by Crippen LogP contribution is -2.17. The Labute approximate surface area is 117 Å². The second-order valence-corrected chi connectivity index (χ2v) is 4.59. The Morgan fingerprint density at radius 2 is 2.10 bits per heavy atom. The number of aromatic nitrogens is 2. The van der Waals surface area contributed by atoms with Crippen molar-refractivity contribution in [2.75, 3.05) is 13.2 Å². The Morgan fingerprint density at radius 3 is 2.85 bits per heavy atom. The second kappa shape index (κ2) is 6.86. The first-order chi connectivity index (χ1) is 9.69. The summed E-state index contributed by atoms with van der Waals surface area (Å²) in [6.07, 6.45) is 1.16. The molecule has 0 saturated heterocycles. The lowest BCUT2D eigenvalue weighted by atomic mass is 10.2. The SMILES string of the molecule is Cc1ccccc1OCCc1nc(CCN)cc(=O)[nH]1. The van der Waals surface area contributed by atoms with Gasteiger partial charge in [-0.15, -0.1) is 0 Å². The summed E-state index contributed by atoms with van der Waals surface area (Å²) >= 11 is 0. The molecule has 0 spiro atoms. The van der Waals surface area contributed by atoms with Gasteiger partial charge in [-0.2, -0.15) is 0 Å². The van der Waals surface area contributed by atoms with Crippen LogP contribution in [0.5, 0.6) is 5.75 Å². The number of nitrogens with one attached hydrogen (secondary N) is 1. The fraction of sp³-hybridized carbons (Fsp3) is 0.333. The summed E-state index contributed by atoms with van der Waals surface area (Å²) in [7, 11) is 0. The van der Waals surface area contributed by atoms with Crippen molar-refractivity contribution in [3.8, 4) is 5.75 Å². The molecule has 0 aliphatic carbocycles. The average molecular weight is 273 g/mol. The van der Waals surface area contributed by atoms with E-state index in [1.165, 1.54) is 6.07 Å². The van der Waals surface area contributed by atoms with Crippen LogP contribution < -0.4 is 16.0 Å². The summed E-state index contributed by atoms with van der Waals surface area (Å²) in [4.78, 5) is 18.6. The zero-order valence-corrected chi connectivity index (χ0v) is 11.6. The van der Waals surface area contributed by atoms with Crippen LogP contribution in [0.3, 0.4) is 0 Å². The van der Waals surface area contributed by atoms with E-state index in [9.17, 15) is 4.79 Å². The second-order valence-electron chi connectivity index (χ2n) is 4.59. The summed E-state index contributed by atoms with van der Waals surface area (Å²) in [5.41, 5.74) is 7.15. The molecule has 2 rings (SSSR count). The molecule has 2 aromatic rings. The molecule has 0 aliphatic rings. The number of aromatic amines is 1. The van der Waals surface area contributed by atoms with Gasteiger partial charge in [-0.05, 0) is 25.1 Å². The Hall–Kier alpha value is -2.14. The van der Waals surface area contributed by atoms with Crippen molar-refractivity contribution in [1.29, 1.82) is 0 Å². The minimum Gasteiger partial charge on any atom is -0.493 e. The molecule has 20 heavy (non-hydrogen) atoms. The predicted octanol–water partition coefficient (Wildman–Crippen LogP) is 1.20. The maximum Gasteiger partial charge on any atom is 0.251 e. The summed E-state index contributed by atoms with van der Waals surface area (Å²) in [6.45, 7) is 2.95. The van der Waals surface area contributed by atoms with E-state index in [1.54, 1.807) is 0 Å². The third-order valence-corrected chi connectivity index (χ3v) is 2.93. The van der Waals surface area contributed by atoms with E-state index in [0.717, 1.165) is 17.0 Å². The van der Waals surface area contributed by atoms with E-state index in [-0.39, 0.29) is 5.56 Å². The number of ether oxygens (including phenoxy) is 1. The zero-order chi connectivity index (χ0) is 14.4. The highest BCUT2D eigenvalue weighted by molar-refractivity contribution is 5.31. The first-order valence-electron chi connectivity index (χ1n) is 6.66. The van der Waals surface area contributed by atoms with Crippen LogP contribution in [0.4, 0.5) is 0 Å². The van der Waals surface area contributed by atoms with Crippen LogP contribution >= 0.6 is 0 Å². The first-order valence-corrected chi connectivity index (χ1v) is 6.66. The molecule has 5 heteroatoms. The van der Waals surface area contributed by atoms with Gasteiger partial charge >= 0.3 is 0 Å². The van der Waals surface area contributed by atoms with Gasteiger partial charge < -0.3 is 15.5 Å². The third-order valence-electron chi connectivity index (χ3n) is 2.93. The molecule has 1 aromatic heterocycles. The van der Waals surface area contributed by atoms with Crippen molar-refractivity contribution in [2.45, 2.75) is 19.8 Å². The molecule has 0 radical (unpaired) electrons. The molecule has 0 aliphatic heterocycles. The molecular formula is C15H19N3O2. The molecule has 5 nitrogen and oxygen atoms in total. The molecule has 1 aromatic carbocycles. The highest BCUT2D eigenvalue weighted by Crippen LogP contribution is 2.16. The quantitative estimate of drug-likeness (QED) is 0.828. The van der Waals surface area contributed by atoms with Crippen LogP contribution in [0.15, 0.2) is 35.1 Å². The Morgan fingerprint density at radius 1 is 1.30 bits per heavy atom. The molecule has 0 unspecified atom stereocenters. The molecule has 0 saturated carbocycles. The van der Waals surface area contributed by atoms with Gasteiger partial charge in [-0.3, -0.25) is 4.79 Å². The van der Waals surface area contributed by atoms with Gasteiger partial charge in [0, 0.05) is 24.6 Å². The Kier molecular flexibility index (Phi) is 4.90. The van der Waals surface area contributed by atoms with Crippen LogP contribution in [-0.2, 0) is 12.8 Å². The lowest BCUT2D eigenvalue weighted by molar-refractivity contribution is 0.316. The van der Waals surface area contributed by atoms with Crippen LogP contribution in [0.2, 0.25) is 0 Å². The molecule has 0 bridgehead atoms. The molecular weight excluding hydrogens is 254 g/mol. The summed E-state index contributed by atoms with van der Waals surface area (Å²) in [5, 5.41) is 0. The van der Waals surface area contributed by atoms with Crippen molar-refractivity contribution in [2.24, 2.45) is 5.73 Å². The van der Waals surface area contributed by atoms with Crippen molar-refractivity contribution >= 4 is 0 Å². The minimum absolute atomic E-state index is 0.144. The van der Waals surface area contributed by atoms with Crippen LogP contribution in [0.1, 0.15) is 17.1 Å². The largest absolute Gasteiger partial charge is 0.493 e. The third kappa shape index (κ3) is 3.93. The maximum absolute atomic E-state index is 11.5. The van der Waals surface area contributed by atoms with Gasteiger partial charge in [0.05, 0.1) is 6.61 Å². The number of para-hydroxylation sites is 1. The van der Waals surface area contributed by atoms with Crippen molar-refractivity contribution in [3.05, 3.63) is 57.8 Å². The van der Waals surface area contributed by atoms with Crippen LogP contribution in [0, 0.1) is 6.92 Å². The van der Waals surface area contributed by atoms with Gasteiger partial charge in [-0.1, -0.05) is 18.2 Å². The Bertz CT molecular complexity index is 623. The van der Waals surface area contributed by atoms with Gasteiger partial charge in [0.25, 0.3) is 5.56 Å². The van der Waals surface area contributed by atoms with E-state index < -0.39 is 0 Å². The fourth-order valence-electron chi connectivity index (χ4n) is 1.93. The summed E-state index contributed by atoms with van der Waals surface area (Å²) < 4.78 is 5.69. The average Bonchev–Trinajstić information content (AvgIpc) is 2.41. The number of H-pyrrole nitrogens is 1. The number of nitrogens with two attached hydrogens (primary N) is 1. The summed E-state index contributed by atoms with van der Waals surface area (Å²) in [5.74, 6) is 1.49.